The van der Waals surface area contributed by atoms with Gasteiger partial charge in [-0.15, -0.1) is 0 Å². The highest BCUT2D eigenvalue weighted by molar-refractivity contribution is 7.47. The van der Waals surface area contributed by atoms with Crippen molar-refractivity contribution in [2.24, 2.45) is 0 Å². The third-order valence-electron chi connectivity index (χ3n) is 8.44. The summed E-state index contributed by atoms with van der Waals surface area (Å²) in [5, 5.41) is 18.3. The van der Waals surface area contributed by atoms with E-state index in [0.29, 0.717) is 13.0 Å². The predicted octanol–water partition coefficient (Wildman–Crippen LogP) is 11.2. The molecule has 53 heavy (non-hydrogen) atoms. The fraction of sp³-hybridized carbons (Fsp3) is 0.744. The standard InChI is InChI=1S/C43H77O9P/c1-3-5-7-9-11-13-15-17-19-21-23-25-27-29-31-33-35-43(46)52-42(40-51-53(47,48)50-38-41(45)37-44)39-49-36-34-32-30-28-26-24-22-20-18-16-14-12-10-8-6-4-2/h6,8,12-15,18-21,41-42,44-45H,3-5,7,9-11,16-17,22-40H2,1-2H3,(H,47,48)/b8-6-,14-12-,15-13-,20-18-,21-19-. The van der Waals surface area contributed by atoms with Gasteiger partial charge in [0.1, 0.15) is 12.2 Å². The van der Waals surface area contributed by atoms with Crippen molar-refractivity contribution in [2.45, 2.75) is 174 Å². The molecule has 0 spiro atoms. The quantitative estimate of drug-likeness (QED) is 0.0242. The first-order valence-electron chi connectivity index (χ1n) is 20.8. The van der Waals surface area contributed by atoms with Gasteiger partial charge >= 0.3 is 13.8 Å². The van der Waals surface area contributed by atoms with Crippen LogP contribution in [0.15, 0.2) is 60.8 Å². The second-order valence-corrected chi connectivity index (χ2v) is 15.1. The van der Waals surface area contributed by atoms with Gasteiger partial charge in [0, 0.05) is 13.0 Å². The van der Waals surface area contributed by atoms with E-state index in [4.69, 9.17) is 23.6 Å². The molecule has 0 bridgehead atoms. The third-order valence-corrected chi connectivity index (χ3v) is 9.39. The molecule has 0 rings (SSSR count). The van der Waals surface area contributed by atoms with E-state index in [1.54, 1.807) is 0 Å². The minimum absolute atomic E-state index is 0.0320. The maximum absolute atomic E-state index is 12.6. The lowest BCUT2D eigenvalue weighted by Crippen LogP contribution is -2.29. The van der Waals surface area contributed by atoms with Gasteiger partial charge in [-0.2, -0.15) is 0 Å². The summed E-state index contributed by atoms with van der Waals surface area (Å²) >= 11 is 0. The number of unbranched alkanes of at least 4 members (excludes halogenated alkanes) is 15. The topological polar surface area (TPSA) is 132 Å². The molecule has 0 saturated heterocycles. The largest absolute Gasteiger partial charge is 0.472 e. The Morgan fingerprint density at radius 1 is 0.604 bits per heavy atom. The number of esters is 1. The van der Waals surface area contributed by atoms with Crippen molar-refractivity contribution in [3.05, 3.63) is 60.8 Å². The van der Waals surface area contributed by atoms with Crippen molar-refractivity contribution in [1.29, 1.82) is 0 Å². The van der Waals surface area contributed by atoms with Crippen LogP contribution in [0.4, 0.5) is 0 Å². The number of hydrogen-bond donors (Lipinski definition) is 3. The lowest BCUT2D eigenvalue weighted by molar-refractivity contribution is -0.154. The number of aliphatic hydroxyl groups is 2. The monoisotopic (exact) mass is 769 g/mol. The molecule has 0 aliphatic rings. The molecule has 0 aromatic carbocycles. The average Bonchev–Trinajstić information content (AvgIpc) is 3.15. The van der Waals surface area contributed by atoms with Gasteiger partial charge in [0.05, 0.1) is 26.4 Å². The van der Waals surface area contributed by atoms with Crippen molar-refractivity contribution >= 4 is 13.8 Å². The first-order valence-corrected chi connectivity index (χ1v) is 22.3. The van der Waals surface area contributed by atoms with Crippen LogP contribution in [0.3, 0.4) is 0 Å². The predicted molar refractivity (Wildman–Crippen MR) is 219 cm³/mol. The summed E-state index contributed by atoms with van der Waals surface area (Å²) in [4.78, 5) is 22.5. The van der Waals surface area contributed by atoms with E-state index in [1.807, 2.05) is 0 Å². The lowest BCUT2D eigenvalue weighted by atomic mass is 10.1. The molecule has 3 atom stereocenters. The molecule has 3 unspecified atom stereocenters. The van der Waals surface area contributed by atoms with E-state index >= 15 is 0 Å². The van der Waals surface area contributed by atoms with Crippen LogP contribution < -0.4 is 0 Å². The highest BCUT2D eigenvalue weighted by Gasteiger charge is 2.26. The van der Waals surface area contributed by atoms with Crippen LogP contribution in [0.1, 0.15) is 162 Å². The Kier molecular flexibility index (Phi) is 38.5. The molecule has 9 nitrogen and oxygen atoms in total. The highest BCUT2D eigenvalue weighted by atomic mass is 31.2. The number of rotatable bonds is 39. The Morgan fingerprint density at radius 3 is 1.62 bits per heavy atom. The zero-order chi connectivity index (χ0) is 38.9. The molecule has 0 radical (unpaired) electrons. The molecule has 3 N–H and O–H groups in total. The molecule has 308 valence electrons. The number of ether oxygens (including phenoxy) is 2. The molecule has 0 amide bonds. The van der Waals surface area contributed by atoms with Crippen LogP contribution in [0.25, 0.3) is 0 Å². The Balaban J connectivity index is 4.26. The Hall–Kier alpha value is -1.84. The van der Waals surface area contributed by atoms with Gasteiger partial charge in [-0.1, -0.05) is 139 Å². The molecule has 0 heterocycles. The van der Waals surface area contributed by atoms with Crippen molar-refractivity contribution in [2.75, 3.05) is 33.0 Å². The summed E-state index contributed by atoms with van der Waals surface area (Å²) in [6.07, 6.45) is 44.6. The smallest absolute Gasteiger partial charge is 0.457 e. The lowest BCUT2D eigenvalue weighted by Gasteiger charge is -2.20. The first-order chi connectivity index (χ1) is 25.8. The van der Waals surface area contributed by atoms with Crippen molar-refractivity contribution in [1.82, 2.24) is 0 Å². The number of aliphatic hydroxyl groups excluding tert-OH is 2. The van der Waals surface area contributed by atoms with Crippen molar-refractivity contribution in [3.8, 4) is 0 Å². The Bertz CT molecular complexity index is 1010. The molecule has 0 fully saturated rings. The van der Waals surface area contributed by atoms with E-state index < -0.39 is 45.8 Å². The molecule has 0 aliphatic carbocycles. The Morgan fingerprint density at radius 2 is 1.08 bits per heavy atom. The fourth-order valence-corrected chi connectivity index (χ4v) is 6.07. The number of carbonyl (C=O) groups is 1. The van der Waals surface area contributed by atoms with Gasteiger partial charge in [0.25, 0.3) is 0 Å². The van der Waals surface area contributed by atoms with Crippen molar-refractivity contribution < 1.29 is 43.0 Å². The van der Waals surface area contributed by atoms with Crippen LogP contribution in [0.2, 0.25) is 0 Å². The SMILES string of the molecule is CC/C=C\C/C=C\C/C=C\CCCCCCCCOCC(COP(=O)(O)OCC(O)CO)OC(=O)CCCCCCC/C=C\C/C=C\CCCCCC. The number of allylic oxidation sites excluding steroid dienone is 10. The Labute approximate surface area is 323 Å². The maximum Gasteiger partial charge on any atom is 0.472 e. The van der Waals surface area contributed by atoms with E-state index in [9.17, 15) is 19.4 Å². The maximum atomic E-state index is 12.6. The van der Waals surface area contributed by atoms with Gasteiger partial charge < -0.3 is 24.6 Å². The zero-order valence-electron chi connectivity index (χ0n) is 33.5. The van der Waals surface area contributed by atoms with Gasteiger partial charge in [0.2, 0.25) is 0 Å². The third kappa shape index (κ3) is 39.7. The minimum atomic E-state index is -4.53. The van der Waals surface area contributed by atoms with Gasteiger partial charge in [-0.05, 0) is 77.0 Å². The summed E-state index contributed by atoms with van der Waals surface area (Å²) in [7, 11) is -4.53. The van der Waals surface area contributed by atoms with Crippen LogP contribution in [-0.2, 0) is 27.9 Å². The van der Waals surface area contributed by atoms with E-state index in [1.165, 1.54) is 51.4 Å². The van der Waals surface area contributed by atoms with Crippen LogP contribution >= 0.6 is 7.82 Å². The van der Waals surface area contributed by atoms with Gasteiger partial charge in [-0.25, -0.2) is 4.57 Å². The molecule has 0 saturated carbocycles. The second kappa shape index (κ2) is 39.8. The fourth-order valence-electron chi connectivity index (χ4n) is 5.28. The minimum Gasteiger partial charge on any atom is -0.457 e. The molecule has 0 aromatic rings. The number of carbonyl (C=O) groups excluding carboxylic acids is 1. The summed E-state index contributed by atoms with van der Waals surface area (Å²) < 4.78 is 33.3. The molecule has 10 heteroatoms. The van der Waals surface area contributed by atoms with Gasteiger partial charge in [0.15, 0.2) is 0 Å². The van der Waals surface area contributed by atoms with Crippen LogP contribution in [-0.4, -0.2) is 66.3 Å². The number of phosphoric ester groups is 1. The molecule has 0 aromatic heterocycles. The zero-order valence-corrected chi connectivity index (χ0v) is 34.4. The van der Waals surface area contributed by atoms with Gasteiger partial charge in [-0.3, -0.25) is 13.8 Å². The highest BCUT2D eigenvalue weighted by Crippen LogP contribution is 2.43. The van der Waals surface area contributed by atoms with E-state index in [-0.39, 0.29) is 13.0 Å². The first kappa shape index (κ1) is 51.2. The number of hydrogen-bond acceptors (Lipinski definition) is 8. The summed E-state index contributed by atoms with van der Waals surface area (Å²) in [5.74, 6) is -0.404. The molecule has 0 aliphatic heterocycles. The molecular weight excluding hydrogens is 691 g/mol. The van der Waals surface area contributed by atoms with E-state index in [2.05, 4.69) is 74.6 Å². The average molecular weight is 769 g/mol. The van der Waals surface area contributed by atoms with Crippen LogP contribution in [0.5, 0.6) is 0 Å². The summed E-state index contributed by atoms with van der Waals surface area (Å²) in [5.41, 5.74) is 0. The summed E-state index contributed by atoms with van der Waals surface area (Å²) in [6, 6.07) is 0. The normalized spacial score (nSPS) is 14.7. The second-order valence-electron chi connectivity index (χ2n) is 13.6. The van der Waals surface area contributed by atoms with Crippen molar-refractivity contribution in [3.63, 3.8) is 0 Å². The summed E-state index contributed by atoms with van der Waals surface area (Å²) in [6.45, 7) is 3.32. The number of phosphoric acid groups is 1. The molecular formula is C43H77O9P. The van der Waals surface area contributed by atoms with Crippen LogP contribution in [0, 0.1) is 0 Å². The van der Waals surface area contributed by atoms with E-state index in [0.717, 1.165) is 83.5 Å².